The Hall–Kier alpha value is -5.10. The summed E-state index contributed by atoms with van der Waals surface area (Å²) in [6.45, 7) is 1.42. The number of rotatable bonds is 8. The van der Waals surface area contributed by atoms with E-state index < -0.39 is 5.91 Å². The molecule has 0 bridgehead atoms. The Morgan fingerprint density at radius 3 is 2.55 bits per heavy atom. The van der Waals surface area contributed by atoms with Gasteiger partial charge in [0.1, 0.15) is 12.8 Å². The van der Waals surface area contributed by atoms with Crippen LogP contribution in [0.5, 0.6) is 0 Å². The summed E-state index contributed by atoms with van der Waals surface area (Å²) in [7, 11) is 5.32. The molecule has 202 valence electrons. The molecule has 4 aromatic rings. The second kappa shape index (κ2) is 11.3. The molecule has 40 heavy (non-hydrogen) atoms. The third-order valence-corrected chi connectivity index (χ3v) is 6.61. The van der Waals surface area contributed by atoms with Crippen LogP contribution in [0.25, 0.3) is 6.08 Å². The van der Waals surface area contributed by atoms with Crippen LogP contribution in [-0.4, -0.2) is 54.8 Å². The maximum absolute atomic E-state index is 13.7. The van der Waals surface area contributed by atoms with E-state index in [0.717, 1.165) is 11.3 Å². The van der Waals surface area contributed by atoms with Crippen molar-refractivity contribution in [1.29, 1.82) is 0 Å². The van der Waals surface area contributed by atoms with Gasteiger partial charge in [0.05, 0.1) is 5.00 Å². The van der Waals surface area contributed by atoms with Crippen molar-refractivity contribution in [2.45, 2.75) is 6.92 Å². The van der Waals surface area contributed by atoms with Crippen LogP contribution in [0.3, 0.4) is 0 Å². The largest absolute Gasteiger partial charge is 0.401 e. The highest BCUT2D eigenvalue weighted by atomic mass is 32.1. The van der Waals surface area contributed by atoms with Crippen LogP contribution in [0, 0.1) is 0 Å². The molecule has 1 aliphatic rings. The van der Waals surface area contributed by atoms with E-state index in [1.54, 1.807) is 17.5 Å². The number of aliphatic imine (C=N–C) groups is 1. The molecule has 3 heterocycles. The van der Waals surface area contributed by atoms with Crippen molar-refractivity contribution in [3.05, 3.63) is 94.3 Å². The predicted octanol–water partition coefficient (Wildman–Crippen LogP) is 4.39. The number of aromatic nitrogens is 2. The van der Waals surface area contributed by atoms with E-state index in [2.05, 4.69) is 25.7 Å². The van der Waals surface area contributed by atoms with Gasteiger partial charge < -0.3 is 19.5 Å². The summed E-state index contributed by atoms with van der Waals surface area (Å²) in [5.41, 5.74) is 3.62. The van der Waals surface area contributed by atoms with Crippen molar-refractivity contribution in [2.24, 2.45) is 10.1 Å². The van der Waals surface area contributed by atoms with Crippen molar-refractivity contribution < 1.29 is 18.8 Å². The first kappa shape index (κ1) is 26.5. The summed E-state index contributed by atoms with van der Waals surface area (Å²) in [5, 5.41) is 17.5. The van der Waals surface area contributed by atoms with Gasteiger partial charge in [-0.2, -0.15) is 0 Å². The number of carbonyl (C=O) groups is 2. The fourth-order valence-electron chi connectivity index (χ4n) is 3.91. The molecule has 1 aliphatic heterocycles. The summed E-state index contributed by atoms with van der Waals surface area (Å²) in [5.74, 6) is -0.234. The average molecular weight is 556 g/mol. The topological polar surface area (TPSA) is 126 Å². The van der Waals surface area contributed by atoms with E-state index in [0.29, 0.717) is 22.0 Å². The number of oxime groups is 1. The van der Waals surface area contributed by atoms with Crippen LogP contribution in [0.4, 0.5) is 16.7 Å². The second-order valence-electron chi connectivity index (χ2n) is 8.85. The van der Waals surface area contributed by atoms with Crippen LogP contribution in [0.15, 0.2) is 86.3 Å². The van der Waals surface area contributed by atoms with E-state index in [1.807, 2.05) is 73.6 Å². The minimum Gasteiger partial charge on any atom is -0.401 e. The number of amides is 2. The molecule has 0 saturated heterocycles. The Kier molecular flexibility index (Phi) is 7.51. The zero-order chi connectivity index (χ0) is 28.2. The molecule has 12 heteroatoms. The molecule has 5 rings (SSSR count). The van der Waals surface area contributed by atoms with E-state index in [4.69, 9.17) is 9.25 Å². The number of amidine groups is 1. The lowest BCUT2D eigenvalue weighted by atomic mass is 10.1. The summed E-state index contributed by atoms with van der Waals surface area (Å²) in [6.07, 6.45) is 1.72. The van der Waals surface area contributed by atoms with Gasteiger partial charge in [-0.3, -0.25) is 9.59 Å². The van der Waals surface area contributed by atoms with Crippen LogP contribution in [0.1, 0.15) is 29.5 Å². The van der Waals surface area contributed by atoms with Crippen LogP contribution < -0.4 is 15.1 Å². The van der Waals surface area contributed by atoms with Crippen molar-refractivity contribution >= 4 is 57.5 Å². The monoisotopic (exact) mass is 555 g/mol. The van der Waals surface area contributed by atoms with Crippen molar-refractivity contribution in [2.75, 3.05) is 36.3 Å². The summed E-state index contributed by atoms with van der Waals surface area (Å²) in [6, 6.07) is 18.7. The SMILES string of the molecule is CON=C(c1csc(NC(C)=O)c1)c1nnc(N2C(=O)C(=Cc3ccc(N(C)C)cc3)N=C2c2ccccc2)o1. The first-order valence-corrected chi connectivity index (χ1v) is 13.0. The lowest BCUT2D eigenvalue weighted by Gasteiger charge is -2.13. The fraction of sp³-hybridized carbons (Fsp3) is 0.143. The Morgan fingerprint density at radius 2 is 1.88 bits per heavy atom. The molecule has 0 radical (unpaired) electrons. The minimum absolute atomic E-state index is 0.0286. The highest BCUT2D eigenvalue weighted by Crippen LogP contribution is 2.29. The number of hydrogen-bond acceptors (Lipinski definition) is 10. The number of carbonyl (C=O) groups excluding carboxylic acids is 2. The normalized spacial score (nSPS) is 14.4. The lowest BCUT2D eigenvalue weighted by Crippen LogP contribution is -2.33. The summed E-state index contributed by atoms with van der Waals surface area (Å²) in [4.78, 5) is 38.1. The van der Waals surface area contributed by atoms with Crippen LogP contribution in [0.2, 0.25) is 0 Å². The third-order valence-electron chi connectivity index (χ3n) is 5.77. The maximum Gasteiger partial charge on any atom is 0.331 e. The molecular weight excluding hydrogens is 530 g/mol. The van der Waals surface area contributed by atoms with Crippen LogP contribution in [-0.2, 0) is 14.4 Å². The predicted molar refractivity (Wildman–Crippen MR) is 155 cm³/mol. The minimum atomic E-state index is -0.417. The fourth-order valence-corrected chi connectivity index (χ4v) is 4.74. The number of benzene rings is 2. The number of anilines is 3. The maximum atomic E-state index is 13.7. The standard InChI is InChI=1S/C28H25N7O4S/c1-17(36)29-23-15-20(16-40-23)24(33-38-4)26-31-32-28(39-26)35-25(19-8-6-5-7-9-19)30-22(27(35)37)14-18-10-12-21(13-11-18)34(2)3/h5-16H,1-4H3,(H,29,36). The number of nitrogens with zero attached hydrogens (tertiary/aromatic N) is 6. The molecule has 2 amide bonds. The molecule has 0 atom stereocenters. The molecule has 0 spiro atoms. The van der Waals surface area contributed by atoms with Crippen LogP contribution >= 0.6 is 11.3 Å². The number of thiophene rings is 1. The van der Waals surface area contributed by atoms with E-state index >= 15 is 0 Å². The smallest absolute Gasteiger partial charge is 0.331 e. The second-order valence-corrected chi connectivity index (χ2v) is 9.76. The first-order chi connectivity index (χ1) is 19.3. The van der Waals surface area contributed by atoms with E-state index in [-0.39, 0.29) is 29.2 Å². The van der Waals surface area contributed by atoms with Gasteiger partial charge in [-0.15, -0.1) is 16.4 Å². The van der Waals surface area contributed by atoms with Gasteiger partial charge in [0.2, 0.25) is 5.91 Å². The van der Waals surface area contributed by atoms with Gasteiger partial charge in [0.25, 0.3) is 11.8 Å². The van der Waals surface area contributed by atoms with Crippen molar-refractivity contribution in [3.8, 4) is 0 Å². The average Bonchev–Trinajstić information content (AvgIpc) is 3.68. The van der Waals surface area contributed by atoms with Gasteiger partial charge in [-0.25, -0.2) is 9.89 Å². The first-order valence-electron chi connectivity index (χ1n) is 12.1. The zero-order valence-corrected chi connectivity index (χ0v) is 23.0. The Balaban J connectivity index is 1.51. The summed E-state index contributed by atoms with van der Waals surface area (Å²) < 4.78 is 5.97. The van der Waals surface area contributed by atoms with Crippen molar-refractivity contribution in [1.82, 2.24) is 10.2 Å². The molecule has 0 saturated carbocycles. The lowest BCUT2D eigenvalue weighted by molar-refractivity contribution is -0.114. The quantitative estimate of drug-likeness (QED) is 0.194. The molecular formula is C28H25N7O4S. The van der Waals surface area contributed by atoms with Gasteiger partial charge in [0.15, 0.2) is 11.5 Å². The molecule has 2 aromatic carbocycles. The third kappa shape index (κ3) is 5.52. The number of hydrogen-bond donors (Lipinski definition) is 1. The van der Waals surface area contributed by atoms with Crippen molar-refractivity contribution in [3.63, 3.8) is 0 Å². The molecule has 11 nitrogen and oxygen atoms in total. The Bertz CT molecular complexity index is 1640. The summed E-state index contributed by atoms with van der Waals surface area (Å²) >= 11 is 1.31. The Labute approximate surface area is 234 Å². The highest BCUT2D eigenvalue weighted by molar-refractivity contribution is 7.14. The zero-order valence-electron chi connectivity index (χ0n) is 22.2. The highest BCUT2D eigenvalue weighted by Gasteiger charge is 2.36. The molecule has 2 aromatic heterocycles. The Morgan fingerprint density at radius 1 is 1.12 bits per heavy atom. The molecule has 1 N–H and O–H groups in total. The number of nitrogens with one attached hydrogen (secondary N) is 1. The van der Waals surface area contributed by atoms with Gasteiger partial charge in [0, 0.05) is 43.2 Å². The molecule has 0 aliphatic carbocycles. The molecule has 0 fully saturated rings. The van der Waals surface area contributed by atoms with Gasteiger partial charge in [-0.1, -0.05) is 52.7 Å². The van der Waals surface area contributed by atoms with Gasteiger partial charge >= 0.3 is 6.01 Å². The van der Waals surface area contributed by atoms with E-state index in [9.17, 15) is 9.59 Å². The van der Waals surface area contributed by atoms with Gasteiger partial charge in [-0.05, 0) is 29.8 Å². The molecule has 0 unspecified atom stereocenters. The van der Waals surface area contributed by atoms with E-state index in [1.165, 1.54) is 30.3 Å².